The Labute approximate surface area is 168 Å². The lowest BCUT2D eigenvalue weighted by Gasteiger charge is -2.28. The van der Waals surface area contributed by atoms with Gasteiger partial charge >= 0.3 is 11.9 Å². The van der Waals surface area contributed by atoms with E-state index in [0.717, 1.165) is 18.0 Å². The second-order valence-electron chi connectivity index (χ2n) is 7.77. The molecule has 0 saturated heterocycles. The molecule has 0 bridgehead atoms. The van der Waals surface area contributed by atoms with Crippen LogP contribution in [0, 0.1) is 11.8 Å². The zero-order chi connectivity index (χ0) is 20.4. The van der Waals surface area contributed by atoms with Gasteiger partial charge in [-0.3, -0.25) is 4.79 Å². The first-order valence-electron chi connectivity index (χ1n) is 10.3. The summed E-state index contributed by atoms with van der Waals surface area (Å²) in [6.07, 6.45) is 8.21. The third-order valence-electron chi connectivity index (χ3n) is 5.20. The van der Waals surface area contributed by atoms with Crippen molar-refractivity contribution >= 4 is 18.0 Å². The monoisotopic (exact) mass is 387 g/mol. The molecule has 1 aliphatic rings. The average molecular weight is 388 g/mol. The van der Waals surface area contributed by atoms with E-state index in [1.54, 1.807) is 19.9 Å². The van der Waals surface area contributed by atoms with Gasteiger partial charge in [-0.25, -0.2) is 4.79 Å². The van der Waals surface area contributed by atoms with Gasteiger partial charge in [0.05, 0.1) is 5.92 Å². The fraction of sp³-hybridized carbons (Fsp3) is 0.565. The molecular weight excluding hydrogens is 354 g/mol. The normalized spacial score (nSPS) is 19.7. The molecule has 2 rings (SSSR count). The summed E-state index contributed by atoms with van der Waals surface area (Å²) in [4.78, 5) is 23.0. The average Bonchev–Trinajstić information content (AvgIpc) is 2.70. The molecule has 5 heteroatoms. The van der Waals surface area contributed by atoms with Crippen LogP contribution in [-0.4, -0.2) is 38.7 Å². The molecule has 0 amide bonds. The quantitative estimate of drug-likeness (QED) is 0.395. The smallest absolute Gasteiger partial charge is 0.330 e. The van der Waals surface area contributed by atoms with Crippen LogP contribution >= 0.6 is 0 Å². The Morgan fingerprint density at radius 2 is 1.71 bits per heavy atom. The van der Waals surface area contributed by atoms with Crippen LogP contribution in [0.3, 0.4) is 0 Å². The zero-order valence-electron chi connectivity index (χ0n) is 17.3. The highest BCUT2D eigenvalue weighted by Gasteiger charge is 2.21. The molecule has 1 N–H and O–H groups in total. The molecule has 0 unspecified atom stereocenters. The molecule has 0 atom stereocenters. The van der Waals surface area contributed by atoms with Crippen LogP contribution < -0.4 is 5.32 Å². The minimum Gasteiger partial charge on any atom is -0.462 e. The standard InChI is InChI=1S/C23H33NO4/c1-17(2)23(26)28-15-14-27-22(25)13-8-18-4-9-20(10-5-18)21-11-6-19(7-12-21)16-24-3/h4-5,8-10,13,17,19,21,24H,6-7,11-12,14-16H2,1-3H3/b13-8+. The van der Waals surface area contributed by atoms with Gasteiger partial charge in [0.1, 0.15) is 13.2 Å². The molecule has 0 spiro atoms. The molecule has 1 aromatic rings. The maximum Gasteiger partial charge on any atom is 0.330 e. The summed E-state index contributed by atoms with van der Waals surface area (Å²) in [5.74, 6) is 0.546. The summed E-state index contributed by atoms with van der Waals surface area (Å²) in [6.45, 7) is 4.79. The van der Waals surface area contributed by atoms with Gasteiger partial charge in [0.25, 0.3) is 0 Å². The van der Waals surface area contributed by atoms with Crippen molar-refractivity contribution in [2.24, 2.45) is 11.8 Å². The van der Waals surface area contributed by atoms with Gasteiger partial charge in [0.15, 0.2) is 0 Å². The lowest BCUT2D eigenvalue weighted by Crippen LogP contribution is -2.23. The summed E-state index contributed by atoms with van der Waals surface area (Å²) >= 11 is 0. The van der Waals surface area contributed by atoms with E-state index in [4.69, 9.17) is 9.47 Å². The van der Waals surface area contributed by atoms with Crippen molar-refractivity contribution in [1.29, 1.82) is 0 Å². The number of carbonyl (C=O) groups is 2. The van der Waals surface area contributed by atoms with Crippen LogP contribution in [0.5, 0.6) is 0 Å². The number of benzene rings is 1. The van der Waals surface area contributed by atoms with Gasteiger partial charge in [0.2, 0.25) is 0 Å². The van der Waals surface area contributed by atoms with Crippen molar-refractivity contribution in [2.75, 3.05) is 26.8 Å². The van der Waals surface area contributed by atoms with E-state index in [2.05, 4.69) is 17.4 Å². The first-order valence-corrected chi connectivity index (χ1v) is 10.3. The number of hydrogen-bond donors (Lipinski definition) is 1. The molecule has 0 heterocycles. The summed E-state index contributed by atoms with van der Waals surface area (Å²) in [6, 6.07) is 8.42. The van der Waals surface area contributed by atoms with Crippen molar-refractivity contribution in [1.82, 2.24) is 5.32 Å². The fourth-order valence-corrected chi connectivity index (χ4v) is 3.53. The Balaban J connectivity index is 1.73. The summed E-state index contributed by atoms with van der Waals surface area (Å²) in [5.41, 5.74) is 2.35. The van der Waals surface area contributed by atoms with Crippen LogP contribution in [-0.2, 0) is 19.1 Å². The molecule has 0 aliphatic heterocycles. The van der Waals surface area contributed by atoms with E-state index < -0.39 is 5.97 Å². The Morgan fingerprint density at radius 3 is 2.32 bits per heavy atom. The van der Waals surface area contributed by atoms with Gasteiger partial charge in [-0.1, -0.05) is 38.1 Å². The van der Waals surface area contributed by atoms with Crippen molar-refractivity contribution in [3.8, 4) is 0 Å². The number of carbonyl (C=O) groups excluding carboxylic acids is 2. The van der Waals surface area contributed by atoms with E-state index >= 15 is 0 Å². The molecular formula is C23H33NO4. The van der Waals surface area contributed by atoms with E-state index in [9.17, 15) is 9.59 Å². The van der Waals surface area contributed by atoms with Crippen LogP contribution in [0.4, 0.5) is 0 Å². The predicted molar refractivity (Wildman–Crippen MR) is 111 cm³/mol. The molecule has 28 heavy (non-hydrogen) atoms. The third kappa shape index (κ3) is 7.47. The maximum absolute atomic E-state index is 11.7. The van der Waals surface area contributed by atoms with E-state index in [-0.39, 0.29) is 25.1 Å². The van der Waals surface area contributed by atoms with E-state index in [1.165, 1.54) is 37.3 Å². The van der Waals surface area contributed by atoms with Crippen molar-refractivity contribution in [3.63, 3.8) is 0 Å². The van der Waals surface area contributed by atoms with Crippen molar-refractivity contribution in [3.05, 3.63) is 41.5 Å². The predicted octanol–water partition coefficient (Wildman–Crippen LogP) is 3.94. The number of hydrogen-bond acceptors (Lipinski definition) is 5. The largest absolute Gasteiger partial charge is 0.462 e. The molecule has 5 nitrogen and oxygen atoms in total. The summed E-state index contributed by atoms with van der Waals surface area (Å²) in [7, 11) is 2.02. The molecule has 1 aliphatic carbocycles. The minimum absolute atomic E-state index is 0.0663. The third-order valence-corrected chi connectivity index (χ3v) is 5.20. The van der Waals surface area contributed by atoms with E-state index in [1.807, 2.05) is 19.2 Å². The SMILES string of the molecule is CNCC1CCC(c2ccc(/C=C/C(=O)OCCOC(=O)C(C)C)cc2)CC1. The van der Waals surface area contributed by atoms with Crippen LogP contribution in [0.2, 0.25) is 0 Å². The lowest BCUT2D eigenvalue weighted by atomic mass is 9.78. The highest BCUT2D eigenvalue weighted by Crippen LogP contribution is 2.35. The first kappa shape index (κ1) is 22.2. The van der Waals surface area contributed by atoms with Crippen molar-refractivity contribution < 1.29 is 19.1 Å². The number of nitrogens with one attached hydrogen (secondary N) is 1. The molecule has 1 saturated carbocycles. The Morgan fingerprint density at radius 1 is 1.07 bits per heavy atom. The van der Waals surface area contributed by atoms with Gasteiger partial charge < -0.3 is 14.8 Å². The molecule has 154 valence electrons. The number of rotatable bonds is 9. The van der Waals surface area contributed by atoms with Crippen LogP contribution in [0.25, 0.3) is 6.08 Å². The zero-order valence-corrected chi connectivity index (χ0v) is 17.3. The number of esters is 2. The Bertz CT molecular complexity index is 643. The van der Waals surface area contributed by atoms with Gasteiger partial charge in [-0.05, 0) is 68.3 Å². The fourth-order valence-electron chi connectivity index (χ4n) is 3.53. The molecule has 0 aromatic heterocycles. The van der Waals surface area contributed by atoms with Gasteiger partial charge in [-0.15, -0.1) is 0 Å². The highest BCUT2D eigenvalue weighted by atomic mass is 16.6. The van der Waals surface area contributed by atoms with Crippen LogP contribution in [0.1, 0.15) is 56.6 Å². The summed E-state index contributed by atoms with van der Waals surface area (Å²) < 4.78 is 10.00. The van der Waals surface area contributed by atoms with Gasteiger partial charge in [-0.2, -0.15) is 0 Å². The Hall–Kier alpha value is -2.14. The Kier molecular flexibility index (Phi) is 9.21. The maximum atomic E-state index is 11.7. The van der Waals surface area contributed by atoms with Crippen LogP contribution in [0.15, 0.2) is 30.3 Å². The topological polar surface area (TPSA) is 64.6 Å². The first-order chi connectivity index (χ1) is 13.5. The molecule has 1 aromatic carbocycles. The second kappa shape index (κ2) is 11.6. The van der Waals surface area contributed by atoms with Gasteiger partial charge in [0, 0.05) is 6.08 Å². The minimum atomic E-state index is -0.437. The van der Waals surface area contributed by atoms with E-state index in [0.29, 0.717) is 5.92 Å². The number of ether oxygens (including phenoxy) is 2. The summed E-state index contributed by atoms with van der Waals surface area (Å²) in [5, 5.41) is 3.28. The molecule has 1 fully saturated rings. The molecule has 0 radical (unpaired) electrons. The lowest BCUT2D eigenvalue weighted by molar-refractivity contribution is -0.152. The second-order valence-corrected chi connectivity index (χ2v) is 7.77. The van der Waals surface area contributed by atoms with Crippen molar-refractivity contribution in [2.45, 2.75) is 45.4 Å². The highest BCUT2D eigenvalue weighted by molar-refractivity contribution is 5.87.